The molecule has 0 spiro atoms. The molecule has 1 unspecified atom stereocenters. The van der Waals surface area contributed by atoms with Gasteiger partial charge in [-0.15, -0.1) is 0 Å². The molecule has 160 valence electrons. The second-order valence-corrected chi connectivity index (χ2v) is 8.86. The van der Waals surface area contributed by atoms with Gasteiger partial charge in [0.15, 0.2) is 6.10 Å². The van der Waals surface area contributed by atoms with E-state index in [0.29, 0.717) is 25.6 Å². The van der Waals surface area contributed by atoms with Gasteiger partial charge in [-0.3, -0.25) is 4.90 Å². The van der Waals surface area contributed by atoms with Gasteiger partial charge in [-0.1, -0.05) is 30.3 Å². The predicted molar refractivity (Wildman–Crippen MR) is 108 cm³/mol. The molecule has 3 rings (SSSR count). The van der Waals surface area contributed by atoms with Gasteiger partial charge < -0.3 is 19.5 Å². The van der Waals surface area contributed by atoms with E-state index in [2.05, 4.69) is 0 Å². The molecule has 2 amide bonds. The third-order valence-electron chi connectivity index (χ3n) is 5.57. The first kappa shape index (κ1) is 21.4. The molecule has 0 aliphatic carbocycles. The number of hydrogen-bond donors (Lipinski definition) is 1. The summed E-state index contributed by atoms with van der Waals surface area (Å²) in [7, 11) is 0. The quantitative estimate of drug-likeness (QED) is 0.811. The molecular formula is C22H32N2O5. The van der Waals surface area contributed by atoms with Crippen LogP contribution in [0, 0.1) is 5.92 Å². The van der Waals surface area contributed by atoms with Crippen molar-refractivity contribution in [2.45, 2.75) is 57.8 Å². The van der Waals surface area contributed by atoms with E-state index in [4.69, 9.17) is 9.47 Å². The Morgan fingerprint density at radius 3 is 2.45 bits per heavy atom. The third kappa shape index (κ3) is 5.41. The highest BCUT2D eigenvalue weighted by Crippen LogP contribution is 2.33. The Hall–Kier alpha value is -2.28. The van der Waals surface area contributed by atoms with E-state index in [1.54, 1.807) is 9.80 Å². The molecule has 2 saturated heterocycles. The lowest BCUT2D eigenvalue weighted by Gasteiger charge is -2.34. The SMILES string of the molecule is CC(C)(C)OC(=O)N1CCC(CCN2C(=O)OC(c3ccccc3)[C@H]2CO)CC1. The van der Waals surface area contributed by atoms with Crippen LogP contribution in [0.5, 0.6) is 0 Å². The van der Waals surface area contributed by atoms with E-state index in [1.807, 2.05) is 51.1 Å². The fourth-order valence-corrected chi connectivity index (χ4v) is 3.99. The summed E-state index contributed by atoms with van der Waals surface area (Å²) in [4.78, 5) is 28.0. The van der Waals surface area contributed by atoms with Gasteiger partial charge in [-0.25, -0.2) is 9.59 Å². The molecule has 2 aliphatic rings. The van der Waals surface area contributed by atoms with Gasteiger partial charge in [0.25, 0.3) is 0 Å². The van der Waals surface area contributed by atoms with Crippen LogP contribution in [0.4, 0.5) is 9.59 Å². The van der Waals surface area contributed by atoms with Crippen molar-refractivity contribution < 1.29 is 24.2 Å². The molecule has 0 aromatic heterocycles. The lowest BCUT2D eigenvalue weighted by molar-refractivity contribution is 0.0177. The van der Waals surface area contributed by atoms with E-state index in [9.17, 15) is 14.7 Å². The number of amides is 2. The highest BCUT2D eigenvalue weighted by Gasteiger charge is 2.42. The van der Waals surface area contributed by atoms with E-state index in [0.717, 1.165) is 24.8 Å². The first-order chi connectivity index (χ1) is 13.8. The van der Waals surface area contributed by atoms with Gasteiger partial charge in [0, 0.05) is 19.6 Å². The lowest BCUT2D eigenvalue weighted by Crippen LogP contribution is -2.43. The Kier molecular flexibility index (Phi) is 6.67. The average molecular weight is 405 g/mol. The number of piperidine rings is 1. The molecule has 0 saturated carbocycles. The van der Waals surface area contributed by atoms with Crippen LogP contribution in [-0.2, 0) is 9.47 Å². The molecule has 2 heterocycles. The van der Waals surface area contributed by atoms with Crippen LogP contribution < -0.4 is 0 Å². The van der Waals surface area contributed by atoms with Gasteiger partial charge >= 0.3 is 12.2 Å². The summed E-state index contributed by atoms with van der Waals surface area (Å²) in [6, 6.07) is 9.17. The minimum atomic E-state index is -0.487. The number of benzene rings is 1. The van der Waals surface area contributed by atoms with Crippen molar-refractivity contribution in [2.75, 3.05) is 26.2 Å². The molecule has 2 fully saturated rings. The maximum Gasteiger partial charge on any atom is 0.410 e. The summed E-state index contributed by atoms with van der Waals surface area (Å²) >= 11 is 0. The maximum absolute atomic E-state index is 12.4. The molecule has 1 aromatic rings. The molecule has 29 heavy (non-hydrogen) atoms. The molecule has 1 N–H and O–H groups in total. The van der Waals surface area contributed by atoms with Crippen LogP contribution >= 0.6 is 0 Å². The molecule has 7 nitrogen and oxygen atoms in total. The summed E-state index contributed by atoms with van der Waals surface area (Å²) in [6.45, 7) is 7.35. The number of ether oxygens (including phenoxy) is 2. The zero-order chi connectivity index (χ0) is 21.0. The van der Waals surface area contributed by atoms with Gasteiger partial charge in [0.2, 0.25) is 0 Å². The third-order valence-corrected chi connectivity index (χ3v) is 5.57. The van der Waals surface area contributed by atoms with Crippen LogP contribution in [-0.4, -0.2) is 65.0 Å². The fourth-order valence-electron chi connectivity index (χ4n) is 3.99. The zero-order valence-electron chi connectivity index (χ0n) is 17.5. The fraction of sp³-hybridized carbons (Fsp3) is 0.636. The molecule has 2 aliphatic heterocycles. The van der Waals surface area contributed by atoms with Crippen molar-refractivity contribution in [3.8, 4) is 0 Å². The van der Waals surface area contributed by atoms with E-state index < -0.39 is 11.7 Å². The summed E-state index contributed by atoms with van der Waals surface area (Å²) < 4.78 is 11.0. The maximum atomic E-state index is 12.4. The molecule has 7 heteroatoms. The number of rotatable bonds is 5. The van der Waals surface area contributed by atoms with Crippen molar-refractivity contribution in [1.82, 2.24) is 9.80 Å². The first-order valence-electron chi connectivity index (χ1n) is 10.4. The summed E-state index contributed by atoms with van der Waals surface area (Å²) in [5, 5.41) is 9.88. The number of carbonyl (C=O) groups excluding carboxylic acids is 2. The van der Waals surface area contributed by atoms with Crippen LogP contribution in [0.2, 0.25) is 0 Å². The van der Waals surface area contributed by atoms with E-state index in [1.165, 1.54) is 0 Å². The lowest BCUT2D eigenvalue weighted by atomic mass is 9.93. The number of nitrogens with zero attached hydrogens (tertiary/aromatic N) is 2. The van der Waals surface area contributed by atoms with Crippen LogP contribution in [0.15, 0.2) is 30.3 Å². The predicted octanol–water partition coefficient (Wildman–Crippen LogP) is 3.58. The van der Waals surface area contributed by atoms with E-state index >= 15 is 0 Å². The Morgan fingerprint density at radius 2 is 1.86 bits per heavy atom. The summed E-state index contributed by atoms with van der Waals surface area (Å²) in [5.74, 6) is 0.427. The van der Waals surface area contributed by atoms with Crippen molar-refractivity contribution >= 4 is 12.2 Å². The van der Waals surface area contributed by atoms with Crippen LogP contribution in [0.25, 0.3) is 0 Å². The Bertz CT molecular complexity index is 695. The second-order valence-electron chi connectivity index (χ2n) is 8.86. The largest absolute Gasteiger partial charge is 0.444 e. The number of cyclic esters (lactones) is 1. The van der Waals surface area contributed by atoms with Gasteiger partial charge in [0.05, 0.1) is 12.6 Å². The summed E-state index contributed by atoms with van der Waals surface area (Å²) in [5.41, 5.74) is 0.409. The number of hydrogen-bond acceptors (Lipinski definition) is 5. The topological polar surface area (TPSA) is 79.3 Å². The van der Waals surface area contributed by atoms with E-state index in [-0.39, 0.29) is 24.8 Å². The summed E-state index contributed by atoms with van der Waals surface area (Å²) in [6.07, 6.45) is 1.52. The number of aliphatic hydroxyl groups is 1. The Labute approximate surface area is 172 Å². The highest BCUT2D eigenvalue weighted by atomic mass is 16.6. The minimum Gasteiger partial charge on any atom is -0.444 e. The minimum absolute atomic E-state index is 0.137. The molecule has 0 bridgehead atoms. The Morgan fingerprint density at radius 1 is 1.21 bits per heavy atom. The first-order valence-corrected chi connectivity index (χ1v) is 10.4. The molecule has 2 atom stereocenters. The van der Waals surface area contributed by atoms with Crippen molar-refractivity contribution in [1.29, 1.82) is 0 Å². The standard InChI is InChI=1S/C22H32N2O5/c1-22(2,3)29-20(26)23-12-9-16(10-13-23)11-14-24-18(15-25)19(28-21(24)27)17-7-5-4-6-8-17/h4-8,16,18-19,25H,9-15H2,1-3H3/t18-,19?/m1/s1. The van der Waals surface area contributed by atoms with Crippen molar-refractivity contribution in [3.63, 3.8) is 0 Å². The molecule has 0 radical (unpaired) electrons. The van der Waals surface area contributed by atoms with Gasteiger partial charge in [-0.05, 0) is 51.5 Å². The number of likely N-dealkylation sites (tertiary alicyclic amines) is 1. The number of aliphatic hydroxyl groups excluding tert-OH is 1. The average Bonchev–Trinajstić information content (AvgIpc) is 3.01. The number of carbonyl (C=O) groups is 2. The highest BCUT2D eigenvalue weighted by molar-refractivity contribution is 5.71. The molecular weight excluding hydrogens is 372 g/mol. The Balaban J connectivity index is 1.50. The normalized spacial score (nSPS) is 23.2. The van der Waals surface area contributed by atoms with Gasteiger partial charge in [-0.2, -0.15) is 0 Å². The van der Waals surface area contributed by atoms with Crippen LogP contribution in [0.1, 0.15) is 51.7 Å². The second kappa shape index (κ2) is 9.03. The smallest absolute Gasteiger partial charge is 0.410 e. The zero-order valence-corrected chi connectivity index (χ0v) is 17.5. The monoisotopic (exact) mass is 404 g/mol. The van der Waals surface area contributed by atoms with Crippen LogP contribution in [0.3, 0.4) is 0 Å². The van der Waals surface area contributed by atoms with Crippen molar-refractivity contribution in [2.24, 2.45) is 5.92 Å². The van der Waals surface area contributed by atoms with Crippen molar-refractivity contribution in [3.05, 3.63) is 35.9 Å². The van der Waals surface area contributed by atoms with Gasteiger partial charge in [0.1, 0.15) is 5.60 Å². The molecule has 1 aromatic carbocycles.